The van der Waals surface area contributed by atoms with Crippen LogP contribution < -0.4 is 4.90 Å². The Hall–Kier alpha value is -2.18. The number of halogens is 1. The topological polar surface area (TPSA) is 75.5 Å². The molecule has 0 radical (unpaired) electrons. The second kappa shape index (κ2) is 8.90. The third-order valence-electron chi connectivity index (χ3n) is 6.02. The smallest absolute Gasteiger partial charge is 0.310 e. The minimum Gasteiger partial charge on any atom is -0.481 e. The summed E-state index contributed by atoms with van der Waals surface area (Å²) in [6, 6.07) is 9.42. The lowest BCUT2D eigenvalue weighted by atomic mass is 10.00. The van der Waals surface area contributed by atoms with Gasteiger partial charge in [0.2, 0.25) is 0 Å². The summed E-state index contributed by atoms with van der Waals surface area (Å²) in [6.45, 7) is 4.67. The zero-order valence-electron chi connectivity index (χ0n) is 17.3. The first-order valence-electron chi connectivity index (χ1n) is 10.7. The van der Waals surface area contributed by atoms with E-state index in [1.165, 1.54) is 0 Å². The molecule has 2 aliphatic rings. The molecule has 1 saturated carbocycles. The predicted octanol–water partition coefficient (Wildman–Crippen LogP) is 4.60. The highest BCUT2D eigenvalue weighted by atomic mass is 35.5. The third kappa shape index (κ3) is 4.76. The van der Waals surface area contributed by atoms with Crippen molar-refractivity contribution < 1.29 is 14.6 Å². The van der Waals surface area contributed by atoms with E-state index < -0.39 is 11.4 Å². The van der Waals surface area contributed by atoms with Crippen LogP contribution in [0.2, 0.25) is 5.02 Å². The summed E-state index contributed by atoms with van der Waals surface area (Å²) in [7, 11) is 0. The SMILES string of the molecule is CCCOC1CCN(c2cc(CC3(C(=O)O)CC3)nc(-c3ccc(Cl)cc3)n2)CC1. The van der Waals surface area contributed by atoms with E-state index in [0.717, 1.165) is 56.0 Å². The number of aliphatic carboxylic acids is 1. The van der Waals surface area contributed by atoms with Gasteiger partial charge >= 0.3 is 5.97 Å². The molecular weight excluding hydrogens is 402 g/mol. The Labute approximate surface area is 182 Å². The van der Waals surface area contributed by atoms with Crippen molar-refractivity contribution >= 4 is 23.4 Å². The standard InChI is InChI=1S/C23H28ClN3O3/c1-2-13-30-19-7-11-27(12-8-19)20-14-18(15-23(9-10-23)22(28)29)25-21(26-20)16-3-5-17(24)6-4-16/h3-6,14,19H,2,7-13,15H2,1H3,(H,28,29). The van der Waals surface area contributed by atoms with E-state index in [1.54, 1.807) is 0 Å². The second-order valence-electron chi connectivity index (χ2n) is 8.37. The number of nitrogens with zero attached hydrogens (tertiary/aromatic N) is 3. The van der Waals surface area contributed by atoms with Gasteiger partial charge in [0.1, 0.15) is 5.82 Å². The molecule has 30 heavy (non-hydrogen) atoms. The molecule has 0 spiro atoms. The molecule has 1 N–H and O–H groups in total. The molecule has 2 aromatic rings. The van der Waals surface area contributed by atoms with Crippen molar-refractivity contribution in [3.05, 3.63) is 41.0 Å². The number of ether oxygens (including phenoxy) is 1. The second-order valence-corrected chi connectivity index (χ2v) is 8.80. The fourth-order valence-corrected chi connectivity index (χ4v) is 4.09. The summed E-state index contributed by atoms with van der Waals surface area (Å²) in [5, 5.41) is 10.3. The molecule has 4 rings (SSSR count). The number of hydrogen-bond acceptors (Lipinski definition) is 5. The van der Waals surface area contributed by atoms with E-state index in [4.69, 9.17) is 26.3 Å². The summed E-state index contributed by atoms with van der Waals surface area (Å²) in [6.07, 6.45) is 5.12. The largest absolute Gasteiger partial charge is 0.481 e. The molecule has 160 valence electrons. The van der Waals surface area contributed by atoms with Crippen LogP contribution in [-0.2, 0) is 16.0 Å². The number of rotatable bonds is 8. The predicted molar refractivity (Wildman–Crippen MR) is 117 cm³/mol. The van der Waals surface area contributed by atoms with E-state index in [9.17, 15) is 9.90 Å². The minimum absolute atomic E-state index is 0.306. The van der Waals surface area contributed by atoms with Crippen LogP contribution in [0.15, 0.2) is 30.3 Å². The monoisotopic (exact) mass is 429 g/mol. The molecule has 1 saturated heterocycles. The van der Waals surface area contributed by atoms with E-state index in [2.05, 4.69) is 11.8 Å². The molecule has 1 aromatic carbocycles. The molecule has 0 amide bonds. The number of carboxylic acids is 1. The average Bonchev–Trinajstić information content (AvgIpc) is 3.54. The van der Waals surface area contributed by atoms with Crippen molar-refractivity contribution in [2.24, 2.45) is 5.41 Å². The Morgan fingerprint density at radius 2 is 1.93 bits per heavy atom. The lowest BCUT2D eigenvalue weighted by Crippen LogP contribution is -2.37. The number of carbonyl (C=O) groups is 1. The zero-order valence-corrected chi connectivity index (χ0v) is 18.1. The van der Waals surface area contributed by atoms with Crippen molar-refractivity contribution in [3.8, 4) is 11.4 Å². The fraction of sp³-hybridized carbons (Fsp3) is 0.522. The van der Waals surface area contributed by atoms with Crippen LogP contribution in [0.25, 0.3) is 11.4 Å². The first kappa shape index (κ1) is 21.1. The Morgan fingerprint density at radius 1 is 1.23 bits per heavy atom. The van der Waals surface area contributed by atoms with Gasteiger partial charge in [-0.15, -0.1) is 0 Å². The molecule has 2 fully saturated rings. The quantitative estimate of drug-likeness (QED) is 0.660. The van der Waals surface area contributed by atoms with Crippen LogP contribution in [0, 0.1) is 5.41 Å². The van der Waals surface area contributed by atoms with Crippen LogP contribution in [0.1, 0.15) is 44.7 Å². The van der Waals surface area contributed by atoms with Gasteiger partial charge in [0.15, 0.2) is 5.82 Å². The molecular formula is C23H28ClN3O3. The maximum atomic E-state index is 11.7. The molecule has 0 unspecified atom stereocenters. The minimum atomic E-state index is -0.732. The number of carboxylic acid groups (broad SMARTS) is 1. The molecule has 1 aliphatic carbocycles. The van der Waals surface area contributed by atoms with Gasteiger partial charge < -0.3 is 14.7 Å². The summed E-state index contributed by atoms with van der Waals surface area (Å²) >= 11 is 6.04. The first-order chi connectivity index (χ1) is 14.5. The summed E-state index contributed by atoms with van der Waals surface area (Å²) < 4.78 is 5.91. The molecule has 1 aromatic heterocycles. The maximum Gasteiger partial charge on any atom is 0.310 e. The van der Waals surface area contributed by atoms with Gasteiger partial charge in [-0.05, 0) is 56.4 Å². The summed E-state index contributed by atoms with van der Waals surface area (Å²) in [4.78, 5) is 23.5. The number of benzene rings is 1. The van der Waals surface area contributed by atoms with Gasteiger partial charge in [0.05, 0.1) is 11.5 Å². The van der Waals surface area contributed by atoms with Gasteiger partial charge in [0.25, 0.3) is 0 Å². The highest BCUT2D eigenvalue weighted by Gasteiger charge is 2.50. The van der Waals surface area contributed by atoms with Crippen molar-refractivity contribution in [2.45, 2.75) is 51.6 Å². The zero-order chi connectivity index (χ0) is 21.1. The van der Waals surface area contributed by atoms with Gasteiger partial charge in [-0.2, -0.15) is 0 Å². The Balaban J connectivity index is 1.59. The van der Waals surface area contributed by atoms with E-state index in [1.807, 2.05) is 30.3 Å². The summed E-state index contributed by atoms with van der Waals surface area (Å²) in [5.41, 5.74) is 1.00. The highest BCUT2D eigenvalue weighted by Crippen LogP contribution is 2.48. The van der Waals surface area contributed by atoms with Crippen molar-refractivity contribution in [1.29, 1.82) is 0 Å². The molecule has 6 nitrogen and oxygen atoms in total. The summed E-state index contributed by atoms with van der Waals surface area (Å²) in [5.74, 6) is 0.745. The molecule has 2 heterocycles. The van der Waals surface area contributed by atoms with Crippen molar-refractivity contribution in [1.82, 2.24) is 9.97 Å². The molecule has 7 heteroatoms. The Bertz CT molecular complexity index is 891. The van der Waals surface area contributed by atoms with E-state index in [-0.39, 0.29) is 0 Å². The fourth-order valence-electron chi connectivity index (χ4n) is 3.96. The lowest BCUT2D eigenvalue weighted by Gasteiger charge is -2.33. The van der Waals surface area contributed by atoms with Crippen LogP contribution in [0.4, 0.5) is 5.82 Å². The molecule has 0 bridgehead atoms. The van der Waals surface area contributed by atoms with Crippen molar-refractivity contribution in [2.75, 3.05) is 24.6 Å². The first-order valence-corrected chi connectivity index (χ1v) is 11.1. The number of anilines is 1. The average molecular weight is 430 g/mol. The van der Waals surface area contributed by atoms with Crippen LogP contribution in [-0.4, -0.2) is 46.8 Å². The van der Waals surface area contributed by atoms with Gasteiger partial charge in [-0.1, -0.05) is 18.5 Å². The molecule has 0 atom stereocenters. The lowest BCUT2D eigenvalue weighted by molar-refractivity contribution is -0.143. The Kier molecular flexibility index (Phi) is 6.25. The number of hydrogen-bond donors (Lipinski definition) is 1. The van der Waals surface area contributed by atoms with Crippen LogP contribution >= 0.6 is 11.6 Å². The van der Waals surface area contributed by atoms with Gasteiger partial charge in [0, 0.05) is 48.5 Å². The maximum absolute atomic E-state index is 11.7. The Morgan fingerprint density at radius 3 is 2.53 bits per heavy atom. The van der Waals surface area contributed by atoms with E-state index in [0.29, 0.717) is 36.2 Å². The number of aromatic nitrogens is 2. The van der Waals surface area contributed by atoms with Crippen LogP contribution in [0.5, 0.6) is 0 Å². The van der Waals surface area contributed by atoms with Gasteiger partial charge in [-0.3, -0.25) is 4.79 Å². The normalized spacial score (nSPS) is 18.4. The van der Waals surface area contributed by atoms with Crippen molar-refractivity contribution in [3.63, 3.8) is 0 Å². The highest BCUT2D eigenvalue weighted by molar-refractivity contribution is 6.30. The van der Waals surface area contributed by atoms with E-state index >= 15 is 0 Å². The third-order valence-corrected chi connectivity index (χ3v) is 6.27. The van der Waals surface area contributed by atoms with Crippen LogP contribution in [0.3, 0.4) is 0 Å². The van der Waals surface area contributed by atoms with Gasteiger partial charge in [-0.25, -0.2) is 9.97 Å². The molecule has 1 aliphatic heterocycles. The number of piperidine rings is 1.